The Labute approximate surface area is 143 Å². The van der Waals surface area contributed by atoms with Gasteiger partial charge in [-0.15, -0.1) is 6.58 Å². The molecule has 0 radical (unpaired) electrons. The summed E-state index contributed by atoms with van der Waals surface area (Å²) in [5, 5.41) is 2.59. The van der Waals surface area contributed by atoms with E-state index in [4.69, 9.17) is 0 Å². The molecule has 0 heterocycles. The van der Waals surface area contributed by atoms with Gasteiger partial charge in [0.25, 0.3) is 5.91 Å². The van der Waals surface area contributed by atoms with Crippen LogP contribution in [0.2, 0.25) is 0 Å². The largest absolute Gasteiger partial charge is 0.453 e. The lowest BCUT2D eigenvalue weighted by Crippen LogP contribution is -2.36. The summed E-state index contributed by atoms with van der Waals surface area (Å²) in [5.74, 6) is 0.535. The summed E-state index contributed by atoms with van der Waals surface area (Å²) in [4.78, 5) is 26.0. The number of nitrogens with one attached hydrogen (secondary N) is 1. The number of carbonyl (C=O) groups is 2. The average molecular weight is 330 g/mol. The topological polar surface area (TPSA) is 58.6 Å². The minimum atomic E-state index is -0.551. The van der Waals surface area contributed by atoms with E-state index in [9.17, 15) is 9.59 Å². The second kappa shape index (κ2) is 9.11. The first-order valence-electron chi connectivity index (χ1n) is 8.49. The molecule has 0 bridgehead atoms. The standard InChI is InChI=1S/C19H26N2O3/c1-3-12-21(14-15-8-5-4-6-9-15)18(22)16-10-7-11-17(13-16)20-19(23)24-2/h3,7,10-11,13,15H,1,4-6,8-9,12,14H2,2H3,(H,20,23). The van der Waals surface area contributed by atoms with Crippen molar-refractivity contribution in [1.29, 1.82) is 0 Å². The molecule has 1 aromatic rings. The third kappa shape index (κ3) is 5.11. The van der Waals surface area contributed by atoms with E-state index in [1.165, 1.54) is 39.2 Å². The smallest absolute Gasteiger partial charge is 0.411 e. The first kappa shape index (κ1) is 18.0. The van der Waals surface area contributed by atoms with Crippen molar-refractivity contribution in [2.45, 2.75) is 32.1 Å². The van der Waals surface area contributed by atoms with Gasteiger partial charge in [0.15, 0.2) is 0 Å². The van der Waals surface area contributed by atoms with Crippen molar-refractivity contribution >= 4 is 17.7 Å². The normalized spacial score (nSPS) is 14.7. The number of amides is 2. The molecule has 1 N–H and O–H groups in total. The van der Waals surface area contributed by atoms with Crippen molar-refractivity contribution in [1.82, 2.24) is 4.90 Å². The van der Waals surface area contributed by atoms with Gasteiger partial charge >= 0.3 is 6.09 Å². The summed E-state index contributed by atoms with van der Waals surface area (Å²) in [7, 11) is 1.31. The maximum atomic E-state index is 12.9. The van der Waals surface area contributed by atoms with Crippen LogP contribution in [0.15, 0.2) is 36.9 Å². The Morgan fingerprint density at radius 2 is 2.08 bits per heavy atom. The molecule has 0 atom stereocenters. The summed E-state index contributed by atoms with van der Waals surface area (Å²) in [6.07, 6.45) is 7.38. The van der Waals surface area contributed by atoms with Crippen LogP contribution in [-0.2, 0) is 4.74 Å². The second-order valence-electron chi connectivity index (χ2n) is 6.20. The predicted molar refractivity (Wildman–Crippen MR) is 95.1 cm³/mol. The van der Waals surface area contributed by atoms with E-state index in [1.54, 1.807) is 30.3 Å². The highest BCUT2D eigenvalue weighted by Gasteiger charge is 2.21. The van der Waals surface area contributed by atoms with Gasteiger partial charge in [0.1, 0.15) is 0 Å². The first-order chi connectivity index (χ1) is 11.6. The number of methoxy groups -OCH3 is 1. The van der Waals surface area contributed by atoms with Gasteiger partial charge in [0, 0.05) is 24.3 Å². The van der Waals surface area contributed by atoms with Crippen LogP contribution in [-0.4, -0.2) is 37.1 Å². The number of nitrogens with zero attached hydrogens (tertiary/aromatic N) is 1. The number of benzene rings is 1. The predicted octanol–water partition coefficient (Wildman–Crippen LogP) is 4.07. The molecule has 130 valence electrons. The summed E-state index contributed by atoms with van der Waals surface area (Å²) in [6, 6.07) is 6.93. The Balaban J connectivity index is 2.08. The van der Waals surface area contributed by atoms with Crippen LogP contribution in [0.3, 0.4) is 0 Å². The molecule has 24 heavy (non-hydrogen) atoms. The number of anilines is 1. The highest BCUT2D eigenvalue weighted by Crippen LogP contribution is 2.25. The average Bonchev–Trinajstić information content (AvgIpc) is 2.61. The summed E-state index contributed by atoms with van der Waals surface area (Å²) in [6.45, 7) is 5.07. The third-order valence-electron chi connectivity index (χ3n) is 4.38. The zero-order valence-corrected chi connectivity index (χ0v) is 14.3. The Kier molecular flexibility index (Phi) is 6.85. The molecule has 0 saturated heterocycles. The van der Waals surface area contributed by atoms with Crippen molar-refractivity contribution in [3.05, 3.63) is 42.5 Å². The molecule has 1 saturated carbocycles. The fraction of sp³-hybridized carbons (Fsp3) is 0.474. The molecule has 0 unspecified atom stereocenters. The lowest BCUT2D eigenvalue weighted by atomic mass is 9.89. The van der Waals surface area contributed by atoms with Crippen molar-refractivity contribution in [3.8, 4) is 0 Å². The highest BCUT2D eigenvalue weighted by molar-refractivity contribution is 5.96. The molecule has 1 aromatic carbocycles. The van der Waals surface area contributed by atoms with E-state index in [-0.39, 0.29) is 5.91 Å². The fourth-order valence-electron chi connectivity index (χ4n) is 3.16. The van der Waals surface area contributed by atoms with Gasteiger partial charge in [-0.05, 0) is 37.0 Å². The van der Waals surface area contributed by atoms with Crippen molar-refractivity contribution < 1.29 is 14.3 Å². The number of hydrogen-bond donors (Lipinski definition) is 1. The van der Waals surface area contributed by atoms with E-state index < -0.39 is 6.09 Å². The SMILES string of the molecule is C=CCN(CC1CCCCC1)C(=O)c1cccc(NC(=O)OC)c1. The van der Waals surface area contributed by atoms with E-state index in [1.807, 2.05) is 4.90 Å². The molecule has 0 aromatic heterocycles. The van der Waals surface area contributed by atoms with Gasteiger partial charge in [0.2, 0.25) is 0 Å². The number of ether oxygens (including phenoxy) is 1. The Hall–Kier alpha value is -2.30. The van der Waals surface area contributed by atoms with Gasteiger partial charge in [0.05, 0.1) is 7.11 Å². The third-order valence-corrected chi connectivity index (χ3v) is 4.38. The van der Waals surface area contributed by atoms with Crippen LogP contribution in [0.1, 0.15) is 42.5 Å². The maximum absolute atomic E-state index is 12.9. The summed E-state index contributed by atoms with van der Waals surface area (Å²) in [5.41, 5.74) is 1.10. The van der Waals surface area contributed by atoms with Crippen molar-refractivity contribution in [3.63, 3.8) is 0 Å². The molecule has 2 amide bonds. The first-order valence-corrected chi connectivity index (χ1v) is 8.49. The van der Waals surface area contributed by atoms with E-state index in [2.05, 4.69) is 16.6 Å². The number of carbonyl (C=O) groups excluding carboxylic acids is 2. The molecule has 1 aliphatic carbocycles. The van der Waals surface area contributed by atoms with E-state index in [0.717, 1.165) is 6.54 Å². The minimum Gasteiger partial charge on any atom is -0.453 e. The Morgan fingerprint density at radius 1 is 1.33 bits per heavy atom. The second-order valence-corrected chi connectivity index (χ2v) is 6.20. The van der Waals surface area contributed by atoms with Crippen molar-refractivity contribution in [2.24, 2.45) is 5.92 Å². The van der Waals surface area contributed by atoms with Crippen LogP contribution in [0, 0.1) is 5.92 Å². The molecule has 0 aliphatic heterocycles. The van der Waals surface area contributed by atoms with Crippen LogP contribution >= 0.6 is 0 Å². The maximum Gasteiger partial charge on any atom is 0.411 e. The van der Waals surface area contributed by atoms with Gasteiger partial charge in [-0.3, -0.25) is 10.1 Å². The Morgan fingerprint density at radius 3 is 2.75 bits per heavy atom. The molecule has 5 heteroatoms. The van der Waals surface area contributed by atoms with Crippen LogP contribution in [0.25, 0.3) is 0 Å². The monoisotopic (exact) mass is 330 g/mol. The molecule has 2 rings (SSSR count). The van der Waals surface area contributed by atoms with Crippen LogP contribution < -0.4 is 5.32 Å². The van der Waals surface area contributed by atoms with Gasteiger partial charge in [-0.1, -0.05) is 31.4 Å². The lowest BCUT2D eigenvalue weighted by molar-refractivity contribution is 0.0735. The zero-order valence-electron chi connectivity index (χ0n) is 14.3. The van der Waals surface area contributed by atoms with E-state index >= 15 is 0 Å². The lowest BCUT2D eigenvalue weighted by Gasteiger charge is -2.29. The molecule has 1 aliphatic rings. The van der Waals surface area contributed by atoms with E-state index in [0.29, 0.717) is 23.7 Å². The molecule has 1 fully saturated rings. The quantitative estimate of drug-likeness (QED) is 0.800. The van der Waals surface area contributed by atoms with Gasteiger partial charge in [-0.2, -0.15) is 0 Å². The number of rotatable bonds is 6. The molecular formula is C19H26N2O3. The molecular weight excluding hydrogens is 304 g/mol. The van der Waals surface area contributed by atoms with Crippen molar-refractivity contribution in [2.75, 3.05) is 25.5 Å². The van der Waals surface area contributed by atoms with Crippen LogP contribution in [0.5, 0.6) is 0 Å². The van der Waals surface area contributed by atoms with Gasteiger partial charge < -0.3 is 9.64 Å². The molecule has 5 nitrogen and oxygen atoms in total. The van der Waals surface area contributed by atoms with Gasteiger partial charge in [-0.25, -0.2) is 4.79 Å². The highest BCUT2D eigenvalue weighted by atomic mass is 16.5. The molecule has 0 spiro atoms. The zero-order chi connectivity index (χ0) is 17.4. The van der Waals surface area contributed by atoms with Crippen LogP contribution in [0.4, 0.5) is 10.5 Å². The Bertz CT molecular complexity index is 580. The fourth-order valence-corrected chi connectivity index (χ4v) is 3.16. The summed E-state index contributed by atoms with van der Waals surface area (Å²) < 4.78 is 4.58. The summed E-state index contributed by atoms with van der Waals surface area (Å²) >= 11 is 0. The number of hydrogen-bond acceptors (Lipinski definition) is 3. The minimum absolute atomic E-state index is 0.0333.